The highest BCUT2D eigenvalue weighted by Crippen LogP contribution is 2.59. The Morgan fingerprint density at radius 3 is 2.56 bits per heavy atom. The Morgan fingerprint density at radius 2 is 2.00 bits per heavy atom. The van der Waals surface area contributed by atoms with E-state index in [2.05, 4.69) is 42.6 Å². The van der Waals surface area contributed by atoms with E-state index in [9.17, 15) is 0 Å². The molecule has 1 aromatic rings. The minimum absolute atomic E-state index is 0.689. The molecule has 0 aliphatic heterocycles. The van der Waals surface area contributed by atoms with Gasteiger partial charge in [-0.2, -0.15) is 0 Å². The van der Waals surface area contributed by atoms with Gasteiger partial charge >= 0.3 is 0 Å². The van der Waals surface area contributed by atoms with Crippen molar-refractivity contribution in [2.24, 2.45) is 11.3 Å². The maximum Gasteiger partial charge on any atom is 0.0208 e. The first-order valence-corrected chi connectivity index (χ1v) is 6.58. The fourth-order valence-corrected chi connectivity index (χ4v) is 3.56. The monoisotopic (exact) mass is 215 g/mol. The maximum absolute atomic E-state index is 3.76. The van der Waals surface area contributed by atoms with Gasteiger partial charge in [0.25, 0.3) is 0 Å². The Labute approximate surface area is 98.3 Å². The Bertz CT molecular complexity index is 353. The van der Waals surface area contributed by atoms with Crippen LogP contribution in [0.1, 0.15) is 38.2 Å². The Balaban J connectivity index is 1.57. The molecule has 2 saturated carbocycles. The van der Waals surface area contributed by atoms with Crippen molar-refractivity contribution in [1.82, 2.24) is 5.32 Å². The molecule has 0 radical (unpaired) electrons. The van der Waals surface area contributed by atoms with Crippen LogP contribution in [0.15, 0.2) is 30.3 Å². The van der Waals surface area contributed by atoms with Gasteiger partial charge in [-0.25, -0.2) is 0 Å². The minimum atomic E-state index is 0.689. The number of rotatable bonds is 3. The lowest BCUT2D eigenvalue weighted by Gasteiger charge is -2.61. The van der Waals surface area contributed by atoms with Crippen LogP contribution >= 0.6 is 0 Å². The second-order valence-corrected chi connectivity index (χ2v) is 5.64. The SMILES string of the molecule is CC1CC(NCc2ccccc2)C12CCC2. The minimum Gasteiger partial charge on any atom is -0.309 e. The zero-order valence-electron chi connectivity index (χ0n) is 10.1. The summed E-state index contributed by atoms with van der Waals surface area (Å²) >= 11 is 0. The van der Waals surface area contributed by atoms with Crippen molar-refractivity contribution in [3.63, 3.8) is 0 Å². The van der Waals surface area contributed by atoms with Gasteiger partial charge in [0.1, 0.15) is 0 Å². The third kappa shape index (κ3) is 1.49. The number of hydrogen-bond acceptors (Lipinski definition) is 1. The van der Waals surface area contributed by atoms with Gasteiger partial charge in [-0.15, -0.1) is 0 Å². The summed E-state index contributed by atoms with van der Waals surface area (Å²) in [5, 5.41) is 3.76. The van der Waals surface area contributed by atoms with E-state index < -0.39 is 0 Å². The zero-order chi connectivity index (χ0) is 11.0. The molecule has 1 spiro atoms. The molecule has 1 nitrogen and oxygen atoms in total. The molecule has 1 N–H and O–H groups in total. The fraction of sp³-hybridized carbons (Fsp3) is 0.600. The molecule has 2 aliphatic carbocycles. The molecule has 1 aromatic carbocycles. The predicted molar refractivity (Wildman–Crippen MR) is 67.1 cm³/mol. The Morgan fingerprint density at radius 1 is 1.25 bits per heavy atom. The molecule has 1 heteroatoms. The second-order valence-electron chi connectivity index (χ2n) is 5.64. The van der Waals surface area contributed by atoms with E-state index in [4.69, 9.17) is 0 Å². The molecule has 2 aliphatic rings. The van der Waals surface area contributed by atoms with Crippen molar-refractivity contribution < 1.29 is 0 Å². The smallest absolute Gasteiger partial charge is 0.0208 e. The van der Waals surface area contributed by atoms with E-state index in [0.29, 0.717) is 5.41 Å². The highest BCUT2D eigenvalue weighted by molar-refractivity contribution is 5.16. The highest BCUT2D eigenvalue weighted by atomic mass is 15.0. The summed E-state index contributed by atoms with van der Waals surface area (Å²) in [6.07, 6.45) is 5.75. The lowest BCUT2D eigenvalue weighted by atomic mass is 9.47. The predicted octanol–water partition coefficient (Wildman–Crippen LogP) is 3.35. The summed E-state index contributed by atoms with van der Waals surface area (Å²) in [6, 6.07) is 11.5. The summed E-state index contributed by atoms with van der Waals surface area (Å²) in [5.74, 6) is 0.953. The van der Waals surface area contributed by atoms with Crippen molar-refractivity contribution in [1.29, 1.82) is 0 Å². The summed E-state index contributed by atoms with van der Waals surface area (Å²) in [6.45, 7) is 3.47. The third-order valence-electron chi connectivity index (χ3n) is 4.94. The molecule has 2 unspecified atom stereocenters. The zero-order valence-corrected chi connectivity index (χ0v) is 10.1. The molecule has 2 fully saturated rings. The molecule has 16 heavy (non-hydrogen) atoms. The van der Waals surface area contributed by atoms with Gasteiger partial charge in [0.2, 0.25) is 0 Å². The van der Waals surface area contributed by atoms with Crippen LogP contribution in [0, 0.1) is 11.3 Å². The molecule has 0 amide bonds. The first kappa shape index (κ1) is 10.3. The summed E-state index contributed by atoms with van der Waals surface area (Å²) < 4.78 is 0. The summed E-state index contributed by atoms with van der Waals surface area (Å²) in [5.41, 5.74) is 2.10. The molecular weight excluding hydrogens is 194 g/mol. The molecule has 0 saturated heterocycles. The second kappa shape index (κ2) is 3.89. The lowest BCUT2D eigenvalue weighted by molar-refractivity contribution is -0.0801. The van der Waals surface area contributed by atoms with E-state index in [-0.39, 0.29) is 0 Å². The van der Waals surface area contributed by atoms with Crippen molar-refractivity contribution in [3.8, 4) is 0 Å². The molecular formula is C15H21N. The van der Waals surface area contributed by atoms with E-state index >= 15 is 0 Å². The normalized spacial score (nSPS) is 30.8. The van der Waals surface area contributed by atoms with Crippen LogP contribution in [0.3, 0.4) is 0 Å². The first-order chi connectivity index (χ1) is 7.81. The van der Waals surface area contributed by atoms with Crippen LogP contribution in [-0.2, 0) is 6.54 Å². The number of hydrogen-bond donors (Lipinski definition) is 1. The van der Waals surface area contributed by atoms with Crippen LogP contribution in [0.25, 0.3) is 0 Å². The number of benzene rings is 1. The van der Waals surface area contributed by atoms with Gasteiger partial charge in [0.05, 0.1) is 0 Å². The molecule has 0 heterocycles. The standard InChI is InChI=1S/C15H21N/c1-12-10-14(15(12)8-5-9-15)16-11-13-6-3-2-4-7-13/h2-4,6-7,12,14,16H,5,8-11H2,1H3. The van der Waals surface area contributed by atoms with Crippen molar-refractivity contribution in [2.75, 3.05) is 0 Å². The average molecular weight is 215 g/mol. The molecule has 3 rings (SSSR count). The fourth-order valence-electron chi connectivity index (χ4n) is 3.56. The van der Waals surface area contributed by atoms with Crippen molar-refractivity contribution in [2.45, 2.75) is 45.2 Å². The highest BCUT2D eigenvalue weighted by Gasteiger charge is 2.55. The van der Waals surface area contributed by atoms with Gasteiger partial charge in [-0.3, -0.25) is 0 Å². The van der Waals surface area contributed by atoms with Crippen molar-refractivity contribution >= 4 is 0 Å². The van der Waals surface area contributed by atoms with Crippen molar-refractivity contribution in [3.05, 3.63) is 35.9 Å². The average Bonchev–Trinajstić information content (AvgIpc) is 2.23. The quantitative estimate of drug-likeness (QED) is 0.815. The molecule has 0 bridgehead atoms. The van der Waals surface area contributed by atoms with E-state index in [1.54, 1.807) is 0 Å². The Hall–Kier alpha value is -0.820. The Kier molecular flexibility index (Phi) is 2.51. The van der Waals surface area contributed by atoms with Gasteiger partial charge in [-0.05, 0) is 36.2 Å². The van der Waals surface area contributed by atoms with Gasteiger partial charge in [-0.1, -0.05) is 43.7 Å². The van der Waals surface area contributed by atoms with Crippen LogP contribution in [-0.4, -0.2) is 6.04 Å². The van der Waals surface area contributed by atoms with E-state index in [1.807, 2.05) is 0 Å². The lowest BCUT2D eigenvalue weighted by Crippen LogP contribution is -2.62. The van der Waals surface area contributed by atoms with E-state index in [1.165, 1.54) is 31.2 Å². The van der Waals surface area contributed by atoms with Crippen LogP contribution in [0.2, 0.25) is 0 Å². The molecule has 0 aromatic heterocycles. The topological polar surface area (TPSA) is 12.0 Å². The molecule has 86 valence electrons. The summed E-state index contributed by atoms with van der Waals surface area (Å²) in [4.78, 5) is 0. The van der Waals surface area contributed by atoms with Gasteiger partial charge in [0.15, 0.2) is 0 Å². The van der Waals surface area contributed by atoms with Crippen LogP contribution in [0.5, 0.6) is 0 Å². The largest absolute Gasteiger partial charge is 0.309 e. The summed E-state index contributed by atoms with van der Waals surface area (Å²) in [7, 11) is 0. The van der Waals surface area contributed by atoms with Gasteiger partial charge < -0.3 is 5.32 Å². The number of nitrogens with one attached hydrogen (secondary N) is 1. The van der Waals surface area contributed by atoms with E-state index in [0.717, 1.165) is 18.5 Å². The van der Waals surface area contributed by atoms with Crippen LogP contribution in [0.4, 0.5) is 0 Å². The molecule has 2 atom stereocenters. The van der Waals surface area contributed by atoms with Gasteiger partial charge in [0, 0.05) is 12.6 Å². The first-order valence-electron chi connectivity index (χ1n) is 6.58. The third-order valence-corrected chi connectivity index (χ3v) is 4.94. The van der Waals surface area contributed by atoms with Crippen LogP contribution < -0.4 is 5.32 Å². The maximum atomic E-state index is 3.76.